The minimum Gasteiger partial charge on any atom is -0.292 e. The molecule has 0 aliphatic heterocycles. The number of carbonyl (C=O) groups excluding carboxylic acids is 1. The van der Waals surface area contributed by atoms with E-state index in [0.717, 1.165) is 11.3 Å². The van der Waals surface area contributed by atoms with Crippen LogP contribution in [0.4, 0.5) is 0 Å². The Morgan fingerprint density at radius 3 is 2.50 bits per heavy atom. The summed E-state index contributed by atoms with van der Waals surface area (Å²) in [4.78, 5) is 16.4. The number of aryl methyl sites for hydroxylation is 3. The first-order valence-corrected chi connectivity index (χ1v) is 6.09. The fourth-order valence-corrected chi connectivity index (χ4v) is 1.89. The van der Waals surface area contributed by atoms with Crippen molar-refractivity contribution in [2.75, 3.05) is 0 Å². The zero-order chi connectivity index (χ0) is 13.1. The van der Waals surface area contributed by atoms with Crippen molar-refractivity contribution in [3.8, 4) is 0 Å². The van der Waals surface area contributed by atoms with Crippen LogP contribution in [0.25, 0.3) is 0 Å². The number of Topliss-reactive ketones (excluding diaryl/α,β-unsaturated/α-hetero) is 1. The quantitative estimate of drug-likeness (QED) is 0.768. The topological polar surface area (TPSA) is 30.0 Å². The molecule has 2 rings (SSSR count). The summed E-state index contributed by atoms with van der Waals surface area (Å²) < 4.78 is 0. The maximum Gasteiger partial charge on any atom is 0.185 e. The molecule has 1 aromatic heterocycles. The predicted molar refractivity (Wildman–Crippen MR) is 72.9 cm³/mol. The van der Waals surface area contributed by atoms with Gasteiger partial charge in [0.05, 0.1) is 0 Å². The zero-order valence-electron chi connectivity index (χ0n) is 11.0. The highest BCUT2D eigenvalue weighted by atomic mass is 16.1. The van der Waals surface area contributed by atoms with E-state index in [-0.39, 0.29) is 5.78 Å². The molecule has 2 heteroatoms. The summed E-state index contributed by atoms with van der Waals surface area (Å²) in [7, 11) is 0. The molecule has 0 unspecified atom stereocenters. The lowest BCUT2D eigenvalue weighted by Gasteiger charge is -2.05. The SMILES string of the molecule is Cc1cccc(C(=O)Cc2ccc(C)c(C)c2)n1. The van der Waals surface area contributed by atoms with E-state index in [2.05, 4.69) is 31.0 Å². The second-order valence-corrected chi connectivity index (χ2v) is 4.68. The van der Waals surface area contributed by atoms with Gasteiger partial charge in [-0.2, -0.15) is 0 Å². The molecule has 0 saturated carbocycles. The number of rotatable bonds is 3. The molecule has 0 N–H and O–H groups in total. The number of aromatic nitrogens is 1. The fraction of sp³-hybridized carbons (Fsp3) is 0.250. The Morgan fingerprint density at radius 2 is 1.83 bits per heavy atom. The highest BCUT2D eigenvalue weighted by molar-refractivity contribution is 5.95. The first kappa shape index (κ1) is 12.5. The number of ketones is 1. The van der Waals surface area contributed by atoms with Gasteiger partial charge in [0.1, 0.15) is 5.69 Å². The standard InChI is InChI=1S/C16H17NO/c1-11-7-8-14(9-12(11)2)10-16(18)15-6-4-5-13(3)17-15/h4-9H,10H2,1-3H3. The lowest BCUT2D eigenvalue weighted by Crippen LogP contribution is -2.06. The van der Waals surface area contributed by atoms with Crippen molar-refractivity contribution in [3.63, 3.8) is 0 Å². The summed E-state index contributed by atoms with van der Waals surface area (Å²) in [6, 6.07) is 11.7. The second kappa shape index (κ2) is 5.13. The molecule has 0 radical (unpaired) electrons. The summed E-state index contributed by atoms with van der Waals surface area (Å²) in [6.45, 7) is 6.03. The van der Waals surface area contributed by atoms with E-state index in [0.29, 0.717) is 12.1 Å². The molecule has 0 aliphatic rings. The molecule has 0 bridgehead atoms. The Morgan fingerprint density at radius 1 is 1.06 bits per heavy atom. The van der Waals surface area contributed by atoms with Crippen molar-refractivity contribution >= 4 is 5.78 Å². The maximum absolute atomic E-state index is 12.1. The molecule has 0 fully saturated rings. The van der Waals surface area contributed by atoms with Gasteiger partial charge in [-0.1, -0.05) is 24.3 Å². The van der Waals surface area contributed by atoms with Gasteiger partial charge in [-0.25, -0.2) is 0 Å². The van der Waals surface area contributed by atoms with Crippen LogP contribution in [0, 0.1) is 20.8 Å². The fourth-order valence-electron chi connectivity index (χ4n) is 1.89. The van der Waals surface area contributed by atoms with E-state index in [1.54, 1.807) is 6.07 Å². The Balaban J connectivity index is 2.18. The molecule has 2 nitrogen and oxygen atoms in total. The van der Waals surface area contributed by atoms with Crippen LogP contribution in [-0.4, -0.2) is 10.8 Å². The Labute approximate surface area is 108 Å². The molecule has 0 saturated heterocycles. The highest BCUT2D eigenvalue weighted by Crippen LogP contribution is 2.12. The number of hydrogen-bond acceptors (Lipinski definition) is 2. The minimum absolute atomic E-state index is 0.0713. The van der Waals surface area contributed by atoms with Gasteiger partial charge in [-0.05, 0) is 49.6 Å². The minimum atomic E-state index is 0.0713. The Hall–Kier alpha value is -1.96. The molecule has 0 spiro atoms. The van der Waals surface area contributed by atoms with Crippen molar-refractivity contribution in [1.82, 2.24) is 4.98 Å². The third-order valence-corrected chi connectivity index (χ3v) is 3.11. The number of carbonyl (C=O) groups is 1. The van der Waals surface area contributed by atoms with E-state index in [9.17, 15) is 4.79 Å². The first-order valence-electron chi connectivity index (χ1n) is 6.09. The largest absolute Gasteiger partial charge is 0.292 e. The van der Waals surface area contributed by atoms with Gasteiger partial charge in [-0.15, -0.1) is 0 Å². The summed E-state index contributed by atoms with van der Waals surface area (Å²) in [5.74, 6) is 0.0713. The van der Waals surface area contributed by atoms with Crippen molar-refractivity contribution in [2.45, 2.75) is 27.2 Å². The summed E-state index contributed by atoms with van der Waals surface area (Å²) in [5.41, 5.74) is 4.94. The number of benzene rings is 1. The van der Waals surface area contributed by atoms with Gasteiger partial charge in [0, 0.05) is 12.1 Å². The summed E-state index contributed by atoms with van der Waals surface area (Å²) in [6.07, 6.45) is 0.414. The van der Waals surface area contributed by atoms with Crippen LogP contribution in [0.15, 0.2) is 36.4 Å². The predicted octanol–water partition coefficient (Wildman–Crippen LogP) is 3.43. The van der Waals surface area contributed by atoms with E-state index in [1.807, 2.05) is 25.1 Å². The van der Waals surface area contributed by atoms with Crippen LogP contribution in [-0.2, 0) is 6.42 Å². The van der Waals surface area contributed by atoms with E-state index in [4.69, 9.17) is 0 Å². The van der Waals surface area contributed by atoms with Crippen LogP contribution in [0.2, 0.25) is 0 Å². The second-order valence-electron chi connectivity index (χ2n) is 4.68. The number of hydrogen-bond donors (Lipinski definition) is 0. The third kappa shape index (κ3) is 2.83. The van der Waals surface area contributed by atoms with E-state index in [1.165, 1.54) is 11.1 Å². The van der Waals surface area contributed by atoms with Gasteiger partial charge >= 0.3 is 0 Å². The summed E-state index contributed by atoms with van der Waals surface area (Å²) >= 11 is 0. The smallest absolute Gasteiger partial charge is 0.185 e. The molecule has 0 atom stereocenters. The molecule has 0 aliphatic carbocycles. The molecule has 2 aromatic rings. The molecular weight excluding hydrogens is 222 g/mol. The maximum atomic E-state index is 12.1. The Kier molecular flexibility index (Phi) is 3.56. The lowest BCUT2D eigenvalue weighted by molar-refractivity contribution is 0.0988. The Bertz CT molecular complexity index is 587. The van der Waals surface area contributed by atoms with Gasteiger partial charge in [0.2, 0.25) is 0 Å². The average Bonchev–Trinajstić information content (AvgIpc) is 2.34. The van der Waals surface area contributed by atoms with Gasteiger partial charge in [0.25, 0.3) is 0 Å². The van der Waals surface area contributed by atoms with Crippen LogP contribution in [0.3, 0.4) is 0 Å². The first-order chi connectivity index (χ1) is 8.56. The van der Waals surface area contributed by atoms with Crippen molar-refractivity contribution in [1.29, 1.82) is 0 Å². The average molecular weight is 239 g/mol. The van der Waals surface area contributed by atoms with Gasteiger partial charge in [0.15, 0.2) is 5.78 Å². The molecular formula is C16H17NO. The summed E-state index contributed by atoms with van der Waals surface area (Å²) in [5, 5.41) is 0. The molecule has 1 aromatic carbocycles. The third-order valence-electron chi connectivity index (χ3n) is 3.11. The molecule has 18 heavy (non-hydrogen) atoms. The normalized spacial score (nSPS) is 10.4. The van der Waals surface area contributed by atoms with Crippen molar-refractivity contribution in [3.05, 3.63) is 64.5 Å². The van der Waals surface area contributed by atoms with Crippen LogP contribution < -0.4 is 0 Å². The van der Waals surface area contributed by atoms with Gasteiger partial charge < -0.3 is 0 Å². The number of nitrogens with zero attached hydrogens (tertiary/aromatic N) is 1. The van der Waals surface area contributed by atoms with Crippen molar-refractivity contribution < 1.29 is 4.79 Å². The van der Waals surface area contributed by atoms with Crippen LogP contribution >= 0.6 is 0 Å². The van der Waals surface area contributed by atoms with Crippen molar-refractivity contribution in [2.24, 2.45) is 0 Å². The highest BCUT2D eigenvalue weighted by Gasteiger charge is 2.09. The van der Waals surface area contributed by atoms with Gasteiger partial charge in [-0.3, -0.25) is 9.78 Å². The van der Waals surface area contributed by atoms with Crippen LogP contribution in [0.1, 0.15) is 32.9 Å². The zero-order valence-corrected chi connectivity index (χ0v) is 11.0. The molecule has 1 heterocycles. The van der Waals surface area contributed by atoms with Crippen LogP contribution in [0.5, 0.6) is 0 Å². The monoisotopic (exact) mass is 239 g/mol. The van der Waals surface area contributed by atoms with E-state index >= 15 is 0 Å². The van der Waals surface area contributed by atoms with E-state index < -0.39 is 0 Å². The molecule has 92 valence electrons. The lowest BCUT2D eigenvalue weighted by atomic mass is 10.0. The number of pyridine rings is 1. The molecule has 0 amide bonds.